The van der Waals surface area contributed by atoms with Crippen LogP contribution in [0.1, 0.15) is 31.2 Å². The molecule has 0 radical (unpaired) electrons. The Hall–Kier alpha value is -0.890. The van der Waals surface area contributed by atoms with Crippen LogP contribution in [-0.4, -0.2) is 0 Å². The molecular weight excluding hydrogens is 189 g/mol. The van der Waals surface area contributed by atoms with Crippen molar-refractivity contribution < 1.29 is 4.39 Å². The molecule has 2 unspecified atom stereocenters. The second kappa shape index (κ2) is 3.05. The summed E-state index contributed by atoms with van der Waals surface area (Å²) < 4.78 is 13.1. The number of hydrogen-bond acceptors (Lipinski definition) is 1. The van der Waals surface area contributed by atoms with Crippen molar-refractivity contribution in [2.45, 2.75) is 31.2 Å². The molecule has 0 aromatic heterocycles. The van der Waals surface area contributed by atoms with E-state index in [1.165, 1.54) is 25.3 Å². The summed E-state index contributed by atoms with van der Waals surface area (Å²) in [7, 11) is 0. The Bertz CT molecular complexity index is 386. The van der Waals surface area contributed by atoms with Crippen molar-refractivity contribution in [2.24, 2.45) is 17.6 Å². The Labute approximate surface area is 89.5 Å². The molecule has 1 nitrogen and oxygen atoms in total. The smallest absolute Gasteiger partial charge is 0.123 e. The van der Waals surface area contributed by atoms with E-state index in [4.69, 9.17) is 5.73 Å². The lowest BCUT2D eigenvalue weighted by Gasteiger charge is -2.27. The van der Waals surface area contributed by atoms with E-state index in [1.807, 2.05) is 6.07 Å². The van der Waals surface area contributed by atoms with Crippen LogP contribution in [0.25, 0.3) is 0 Å². The van der Waals surface area contributed by atoms with Crippen LogP contribution in [0.2, 0.25) is 0 Å². The van der Waals surface area contributed by atoms with Crippen LogP contribution >= 0.6 is 0 Å². The molecule has 0 aliphatic heterocycles. The molecule has 3 rings (SSSR count). The van der Waals surface area contributed by atoms with Gasteiger partial charge in [0, 0.05) is 5.54 Å². The summed E-state index contributed by atoms with van der Waals surface area (Å²) in [6.45, 7) is 0. The first kappa shape index (κ1) is 9.34. The van der Waals surface area contributed by atoms with Gasteiger partial charge in [-0.2, -0.15) is 0 Å². The molecule has 0 saturated heterocycles. The third-order valence-electron chi connectivity index (χ3n) is 4.14. The lowest BCUT2D eigenvalue weighted by atomic mass is 9.79. The molecule has 1 aromatic carbocycles. The van der Waals surface area contributed by atoms with E-state index in [9.17, 15) is 4.39 Å². The lowest BCUT2D eigenvalue weighted by Crippen LogP contribution is -2.27. The first-order valence-corrected chi connectivity index (χ1v) is 5.75. The quantitative estimate of drug-likeness (QED) is 0.789. The van der Waals surface area contributed by atoms with E-state index >= 15 is 0 Å². The van der Waals surface area contributed by atoms with Gasteiger partial charge < -0.3 is 5.73 Å². The Morgan fingerprint density at radius 1 is 1.33 bits per heavy atom. The minimum Gasteiger partial charge on any atom is -0.321 e. The number of halogens is 1. The van der Waals surface area contributed by atoms with E-state index in [2.05, 4.69) is 0 Å². The monoisotopic (exact) mass is 205 g/mol. The maximum atomic E-state index is 13.1. The van der Waals surface area contributed by atoms with Gasteiger partial charge in [-0.05, 0) is 36.0 Å². The molecule has 2 saturated carbocycles. The topological polar surface area (TPSA) is 26.0 Å². The molecule has 0 spiro atoms. The highest BCUT2D eigenvalue weighted by Crippen LogP contribution is 2.58. The number of rotatable bonds is 2. The second-order valence-electron chi connectivity index (χ2n) is 5.05. The summed E-state index contributed by atoms with van der Waals surface area (Å²) in [5.41, 5.74) is 7.10. The van der Waals surface area contributed by atoms with E-state index in [0.717, 1.165) is 17.9 Å². The van der Waals surface area contributed by atoms with Gasteiger partial charge in [-0.3, -0.25) is 0 Å². The van der Waals surface area contributed by atoms with Crippen LogP contribution in [0, 0.1) is 17.7 Å². The van der Waals surface area contributed by atoms with E-state index in [0.29, 0.717) is 5.92 Å². The van der Waals surface area contributed by atoms with Crippen molar-refractivity contribution in [1.29, 1.82) is 0 Å². The molecule has 2 heteroatoms. The molecule has 2 N–H and O–H groups in total. The standard InChI is InChI=1S/C13H16FN/c14-11-6-2-5-10(7-11)13(15)8-12(13)9-3-1-4-9/h2,5-7,9,12H,1,3-4,8,15H2. The zero-order valence-electron chi connectivity index (χ0n) is 8.75. The molecule has 2 aliphatic carbocycles. The fourth-order valence-electron chi connectivity index (χ4n) is 2.84. The third kappa shape index (κ3) is 1.39. The predicted molar refractivity (Wildman–Crippen MR) is 57.7 cm³/mol. The minimum atomic E-state index is -0.215. The highest BCUT2D eigenvalue weighted by Gasteiger charge is 2.56. The van der Waals surface area contributed by atoms with Crippen LogP contribution in [0.15, 0.2) is 24.3 Å². The third-order valence-corrected chi connectivity index (χ3v) is 4.14. The van der Waals surface area contributed by atoms with Gasteiger partial charge in [0.05, 0.1) is 0 Å². The summed E-state index contributed by atoms with van der Waals surface area (Å²) in [5.74, 6) is 1.24. The molecule has 1 aromatic rings. The van der Waals surface area contributed by atoms with Gasteiger partial charge >= 0.3 is 0 Å². The second-order valence-corrected chi connectivity index (χ2v) is 5.05. The van der Waals surface area contributed by atoms with Crippen molar-refractivity contribution in [3.8, 4) is 0 Å². The number of hydrogen-bond donors (Lipinski definition) is 1. The molecule has 0 amide bonds. The Morgan fingerprint density at radius 3 is 2.73 bits per heavy atom. The number of benzene rings is 1. The molecular formula is C13H16FN. The zero-order chi connectivity index (χ0) is 10.5. The van der Waals surface area contributed by atoms with Gasteiger partial charge in [0.2, 0.25) is 0 Å². The summed E-state index contributed by atoms with van der Waals surface area (Å²) >= 11 is 0. The lowest BCUT2D eigenvalue weighted by molar-refractivity contribution is 0.258. The average Bonchev–Trinajstić information content (AvgIpc) is 2.76. The molecule has 2 atom stereocenters. The van der Waals surface area contributed by atoms with Crippen molar-refractivity contribution in [2.75, 3.05) is 0 Å². The van der Waals surface area contributed by atoms with Gasteiger partial charge in [-0.15, -0.1) is 0 Å². The Balaban J connectivity index is 1.83. The van der Waals surface area contributed by atoms with Gasteiger partial charge in [-0.1, -0.05) is 31.4 Å². The number of nitrogens with two attached hydrogens (primary N) is 1. The van der Waals surface area contributed by atoms with Gasteiger partial charge in [0.25, 0.3) is 0 Å². The molecule has 80 valence electrons. The van der Waals surface area contributed by atoms with Crippen LogP contribution in [0.3, 0.4) is 0 Å². The SMILES string of the molecule is NC1(c2cccc(F)c2)CC1C1CCC1. The highest BCUT2D eigenvalue weighted by molar-refractivity contribution is 5.33. The first-order chi connectivity index (χ1) is 7.20. The minimum absolute atomic E-state index is 0.170. The average molecular weight is 205 g/mol. The summed E-state index contributed by atoms with van der Waals surface area (Å²) in [6.07, 6.45) is 5.03. The molecule has 0 heterocycles. The predicted octanol–water partition coefficient (Wildman–Crippen LogP) is 2.80. The fourth-order valence-corrected chi connectivity index (χ4v) is 2.84. The van der Waals surface area contributed by atoms with Crippen LogP contribution in [0.4, 0.5) is 4.39 Å². The summed E-state index contributed by atoms with van der Waals surface area (Å²) in [6, 6.07) is 6.80. The van der Waals surface area contributed by atoms with Gasteiger partial charge in [-0.25, -0.2) is 4.39 Å². The van der Waals surface area contributed by atoms with E-state index in [1.54, 1.807) is 12.1 Å². The van der Waals surface area contributed by atoms with Crippen LogP contribution in [-0.2, 0) is 5.54 Å². The normalized spacial score (nSPS) is 34.9. The van der Waals surface area contributed by atoms with Gasteiger partial charge in [0.1, 0.15) is 5.82 Å². The maximum absolute atomic E-state index is 13.1. The largest absolute Gasteiger partial charge is 0.321 e. The molecule has 2 aliphatic rings. The van der Waals surface area contributed by atoms with Crippen molar-refractivity contribution in [1.82, 2.24) is 0 Å². The molecule has 15 heavy (non-hydrogen) atoms. The zero-order valence-corrected chi connectivity index (χ0v) is 8.75. The van der Waals surface area contributed by atoms with Crippen molar-refractivity contribution in [3.05, 3.63) is 35.6 Å². The first-order valence-electron chi connectivity index (χ1n) is 5.75. The maximum Gasteiger partial charge on any atom is 0.123 e. The fraction of sp³-hybridized carbons (Fsp3) is 0.538. The molecule has 0 bridgehead atoms. The van der Waals surface area contributed by atoms with E-state index in [-0.39, 0.29) is 11.4 Å². The Morgan fingerprint density at radius 2 is 2.13 bits per heavy atom. The Kier molecular flexibility index (Phi) is 1.90. The molecule has 2 fully saturated rings. The van der Waals surface area contributed by atoms with Gasteiger partial charge in [0.15, 0.2) is 0 Å². The van der Waals surface area contributed by atoms with Crippen molar-refractivity contribution >= 4 is 0 Å². The van der Waals surface area contributed by atoms with E-state index < -0.39 is 0 Å². The van der Waals surface area contributed by atoms with Crippen LogP contribution < -0.4 is 5.73 Å². The highest BCUT2D eigenvalue weighted by atomic mass is 19.1. The summed E-state index contributed by atoms with van der Waals surface area (Å²) in [4.78, 5) is 0. The van der Waals surface area contributed by atoms with Crippen molar-refractivity contribution in [3.63, 3.8) is 0 Å². The van der Waals surface area contributed by atoms with Crippen LogP contribution in [0.5, 0.6) is 0 Å². The summed E-state index contributed by atoms with van der Waals surface area (Å²) in [5, 5.41) is 0.